The van der Waals surface area contributed by atoms with Crippen molar-refractivity contribution in [1.29, 1.82) is 0 Å². The van der Waals surface area contributed by atoms with Gasteiger partial charge >= 0.3 is 5.63 Å². The summed E-state index contributed by atoms with van der Waals surface area (Å²) in [4.78, 5) is 24.7. The Morgan fingerprint density at radius 1 is 1.11 bits per heavy atom. The van der Waals surface area contributed by atoms with Crippen LogP contribution < -0.4 is 15.1 Å². The van der Waals surface area contributed by atoms with Crippen molar-refractivity contribution in [3.05, 3.63) is 70.1 Å². The third-order valence-electron chi connectivity index (χ3n) is 4.97. The van der Waals surface area contributed by atoms with E-state index < -0.39 is 5.63 Å². The third kappa shape index (κ3) is 2.63. The minimum atomic E-state index is -0.465. The Morgan fingerprint density at radius 3 is 2.79 bits per heavy atom. The lowest BCUT2D eigenvalue weighted by molar-refractivity contribution is -0.130. The van der Waals surface area contributed by atoms with Crippen molar-refractivity contribution in [3.8, 4) is 11.5 Å². The molecule has 0 aliphatic carbocycles. The molecule has 2 aliphatic heterocycles. The highest BCUT2D eigenvalue weighted by Gasteiger charge is 2.33. The molecule has 0 saturated heterocycles. The minimum absolute atomic E-state index is 0.180. The first kappa shape index (κ1) is 16.6. The molecule has 3 aromatic rings. The van der Waals surface area contributed by atoms with Crippen LogP contribution in [-0.4, -0.2) is 23.4 Å². The molecule has 28 heavy (non-hydrogen) atoms. The van der Waals surface area contributed by atoms with Gasteiger partial charge in [-0.2, -0.15) is 5.10 Å². The third-order valence-corrected chi connectivity index (χ3v) is 4.97. The fourth-order valence-corrected chi connectivity index (χ4v) is 3.61. The maximum absolute atomic E-state index is 12.5. The van der Waals surface area contributed by atoms with Crippen LogP contribution in [0.5, 0.6) is 11.5 Å². The van der Waals surface area contributed by atoms with Crippen LogP contribution in [0.15, 0.2) is 62.8 Å². The van der Waals surface area contributed by atoms with Crippen molar-refractivity contribution in [1.82, 2.24) is 5.01 Å². The van der Waals surface area contributed by atoms with Gasteiger partial charge in [0.05, 0.1) is 17.3 Å². The smallest absolute Gasteiger partial charge is 0.345 e. The fourth-order valence-electron chi connectivity index (χ4n) is 3.61. The van der Waals surface area contributed by atoms with Crippen LogP contribution in [0.1, 0.15) is 30.5 Å². The number of carbonyl (C=O) groups is 1. The van der Waals surface area contributed by atoms with Crippen LogP contribution in [0.2, 0.25) is 0 Å². The summed E-state index contributed by atoms with van der Waals surface area (Å²) in [5, 5.41) is 6.66. The highest BCUT2D eigenvalue weighted by Crippen LogP contribution is 2.39. The summed E-state index contributed by atoms with van der Waals surface area (Å²) in [6, 6.07) is 14.3. The molecule has 2 aliphatic rings. The molecule has 140 valence electrons. The van der Waals surface area contributed by atoms with Gasteiger partial charge in [-0.3, -0.25) is 4.79 Å². The Balaban J connectivity index is 1.55. The van der Waals surface area contributed by atoms with Gasteiger partial charge < -0.3 is 13.9 Å². The van der Waals surface area contributed by atoms with E-state index in [9.17, 15) is 9.59 Å². The zero-order chi connectivity index (χ0) is 19.3. The average Bonchev–Trinajstić information content (AvgIpc) is 3.34. The first-order chi connectivity index (χ1) is 13.6. The molecule has 1 amide bonds. The number of benzene rings is 2. The molecule has 0 fully saturated rings. The number of ether oxygens (including phenoxy) is 2. The Labute approximate surface area is 159 Å². The first-order valence-electron chi connectivity index (χ1n) is 8.90. The fraction of sp³-hybridized carbons (Fsp3) is 0.190. The Hall–Kier alpha value is -3.61. The maximum atomic E-state index is 12.5. The van der Waals surface area contributed by atoms with E-state index in [2.05, 4.69) is 5.10 Å². The van der Waals surface area contributed by atoms with Crippen molar-refractivity contribution in [2.75, 3.05) is 6.79 Å². The van der Waals surface area contributed by atoms with Crippen LogP contribution in [-0.2, 0) is 4.79 Å². The number of hydrogen-bond acceptors (Lipinski definition) is 6. The molecule has 0 saturated carbocycles. The van der Waals surface area contributed by atoms with E-state index in [1.807, 2.05) is 36.4 Å². The molecular weight excluding hydrogens is 360 g/mol. The van der Waals surface area contributed by atoms with Crippen LogP contribution in [0.4, 0.5) is 0 Å². The predicted molar refractivity (Wildman–Crippen MR) is 101 cm³/mol. The minimum Gasteiger partial charge on any atom is -0.454 e. The van der Waals surface area contributed by atoms with E-state index >= 15 is 0 Å². The van der Waals surface area contributed by atoms with Crippen molar-refractivity contribution in [3.63, 3.8) is 0 Å². The number of amides is 1. The number of fused-ring (bicyclic) bond motifs is 2. The molecule has 0 radical (unpaired) electrons. The van der Waals surface area contributed by atoms with Gasteiger partial charge in [0.1, 0.15) is 5.58 Å². The van der Waals surface area contributed by atoms with E-state index in [-0.39, 0.29) is 18.7 Å². The molecule has 1 aromatic heterocycles. The molecule has 0 bridgehead atoms. The predicted octanol–water partition coefficient (Wildman–Crippen LogP) is 3.22. The number of nitrogens with zero attached hydrogens (tertiary/aromatic N) is 2. The lowest BCUT2D eigenvalue weighted by Gasteiger charge is -2.20. The molecule has 0 spiro atoms. The molecule has 1 atom stereocenters. The summed E-state index contributed by atoms with van der Waals surface area (Å²) < 4.78 is 16.2. The quantitative estimate of drug-likeness (QED) is 0.642. The molecular formula is C21H16N2O5. The van der Waals surface area contributed by atoms with Gasteiger partial charge in [-0.15, -0.1) is 0 Å². The van der Waals surface area contributed by atoms with Gasteiger partial charge in [0.25, 0.3) is 0 Å². The number of rotatable bonds is 2. The summed E-state index contributed by atoms with van der Waals surface area (Å²) >= 11 is 0. The molecule has 5 rings (SSSR count). The SMILES string of the molecule is CC(=O)N1N=C(c2cc3ccccc3oc2=O)CC1c1ccc2c(c1)OCO2. The largest absolute Gasteiger partial charge is 0.454 e. The number of carbonyl (C=O) groups excluding carboxylic acids is 1. The Bertz CT molecular complexity index is 1200. The monoisotopic (exact) mass is 376 g/mol. The maximum Gasteiger partial charge on any atom is 0.345 e. The number of hydrazone groups is 1. The van der Waals surface area contributed by atoms with Crippen molar-refractivity contribution >= 4 is 22.6 Å². The second-order valence-corrected chi connectivity index (χ2v) is 6.73. The first-order valence-corrected chi connectivity index (χ1v) is 8.90. The van der Waals surface area contributed by atoms with Crippen LogP contribution in [0.3, 0.4) is 0 Å². The zero-order valence-corrected chi connectivity index (χ0v) is 15.0. The molecule has 0 N–H and O–H groups in total. The molecule has 2 aromatic carbocycles. The highest BCUT2D eigenvalue weighted by atomic mass is 16.7. The van der Waals surface area contributed by atoms with Gasteiger partial charge in [0, 0.05) is 18.7 Å². The Morgan fingerprint density at radius 2 is 1.93 bits per heavy atom. The standard InChI is InChI=1S/C21H16N2O5/c1-12(24)23-17(13-6-7-19-20(9-13)27-11-26-19)10-16(22-23)15-8-14-4-2-3-5-18(14)28-21(15)25/h2-9,17H,10-11H2,1H3. The van der Waals surface area contributed by atoms with Crippen molar-refractivity contribution in [2.45, 2.75) is 19.4 Å². The van der Waals surface area contributed by atoms with E-state index in [4.69, 9.17) is 13.9 Å². The molecule has 1 unspecified atom stereocenters. The van der Waals surface area contributed by atoms with Crippen molar-refractivity contribution < 1.29 is 18.7 Å². The molecule has 3 heterocycles. The zero-order valence-electron chi connectivity index (χ0n) is 15.0. The normalized spacial score (nSPS) is 17.8. The summed E-state index contributed by atoms with van der Waals surface area (Å²) in [7, 11) is 0. The lowest BCUT2D eigenvalue weighted by atomic mass is 9.98. The van der Waals surface area contributed by atoms with E-state index in [1.165, 1.54) is 11.9 Å². The Kier molecular flexibility index (Phi) is 3.68. The van der Waals surface area contributed by atoms with Crippen LogP contribution in [0.25, 0.3) is 11.0 Å². The van der Waals surface area contributed by atoms with E-state index in [0.717, 1.165) is 10.9 Å². The molecule has 7 heteroatoms. The van der Waals surface area contributed by atoms with E-state index in [1.54, 1.807) is 12.1 Å². The topological polar surface area (TPSA) is 81.3 Å². The van der Waals surface area contributed by atoms with E-state index in [0.29, 0.717) is 34.8 Å². The summed E-state index contributed by atoms with van der Waals surface area (Å²) in [5.74, 6) is 1.11. The summed E-state index contributed by atoms with van der Waals surface area (Å²) in [6.45, 7) is 1.63. The highest BCUT2D eigenvalue weighted by molar-refractivity contribution is 6.04. The van der Waals surface area contributed by atoms with Gasteiger partial charge in [-0.25, -0.2) is 9.80 Å². The second-order valence-electron chi connectivity index (χ2n) is 6.73. The number of hydrogen-bond donors (Lipinski definition) is 0. The van der Waals surface area contributed by atoms with Gasteiger partial charge in [-0.1, -0.05) is 24.3 Å². The average molecular weight is 376 g/mol. The van der Waals surface area contributed by atoms with Crippen molar-refractivity contribution in [2.24, 2.45) is 5.10 Å². The summed E-state index contributed by atoms with van der Waals surface area (Å²) in [6.07, 6.45) is 0.405. The van der Waals surface area contributed by atoms with Crippen LogP contribution >= 0.6 is 0 Å². The van der Waals surface area contributed by atoms with Gasteiger partial charge in [-0.05, 0) is 29.8 Å². The second kappa shape index (κ2) is 6.23. The summed E-state index contributed by atoms with van der Waals surface area (Å²) in [5.41, 5.74) is 1.81. The van der Waals surface area contributed by atoms with Crippen LogP contribution in [0, 0.1) is 0 Å². The number of para-hydroxylation sites is 1. The molecule has 7 nitrogen and oxygen atoms in total. The van der Waals surface area contributed by atoms with Gasteiger partial charge in [0.2, 0.25) is 12.7 Å². The lowest BCUT2D eigenvalue weighted by Crippen LogP contribution is -2.24. The van der Waals surface area contributed by atoms with Gasteiger partial charge in [0.15, 0.2) is 11.5 Å².